The van der Waals surface area contributed by atoms with Gasteiger partial charge in [-0.3, -0.25) is 4.55 Å². The second kappa shape index (κ2) is 7.25. The van der Waals surface area contributed by atoms with Gasteiger partial charge in [0.2, 0.25) is 5.56 Å². The van der Waals surface area contributed by atoms with Gasteiger partial charge >= 0.3 is 0 Å². The Bertz CT molecular complexity index is 760. The highest BCUT2D eigenvalue weighted by Gasteiger charge is 2.25. The van der Waals surface area contributed by atoms with Crippen molar-refractivity contribution in [1.82, 2.24) is 0 Å². The van der Waals surface area contributed by atoms with E-state index in [9.17, 15) is 8.42 Å². The van der Waals surface area contributed by atoms with Crippen molar-refractivity contribution in [3.63, 3.8) is 0 Å². The molecule has 0 fully saturated rings. The molecule has 0 aliphatic carbocycles. The molecule has 2 aromatic carbocycles. The molecule has 1 heterocycles. The van der Waals surface area contributed by atoms with Gasteiger partial charge in [0.15, 0.2) is 0 Å². The number of para-hydroxylation sites is 2. The Morgan fingerprint density at radius 1 is 1.13 bits per heavy atom. The van der Waals surface area contributed by atoms with Crippen LogP contribution < -0.4 is 9.64 Å². The highest BCUT2D eigenvalue weighted by Crippen LogP contribution is 2.38. The fraction of sp³-hybridized carbons (Fsp3) is 0.250. The molecule has 0 saturated carbocycles. The number of benzene rings is 2. The van der Waals surface area contributed by atoms with E-state index in [4.69, 9.17) is 9.29 Å². The fourth-order valence-corrected chi connectivity index (χ4v) is 3.18. The van der Waals surface area contributed by atoms with Crippen LogP contribution in [0.15, 0.2) is 53.4 Å². The summed E-state index contributed by atoms with van der Waals surface area (Å²) in [7, 11) is -1.97. The maximum absolute atomic E-state index is 10.5. The highest BCUT2D eigenvalue weighted by atomic mass is 32.2. The number of hydrogen-bond acceptors (Lipinski definition) is 5. The van der Waals surface area contributed by atoms with E-state index in [-0.39, 0.29) is 10.5 Å². The lowest BCUT2D eigenvalue weighted by atomic mass is 10.2. The summed E-state index contributed by atoms with van der Waals surface area (Å²) in [5, 5.41) is 0. The van der Waals surface area contributed by atoms with Crippen molar-refractivity contribution in [1.29, 1.82) is 0 Å². The minimum atomic E-state index is -4.02. The summed E-state index contributed by atoms with van der Waals surface area (Å²) in [5.74, 6) is 0.986. The second-order valence-electron chi connectivity index (χ2n) is 5.03. The topological polar surface area (TPSA) is 66.8 Å². The molecule has 0 saturated heterocycles. The van der Waals surface area contributed by atoms with Crippen LogP contribution in [0.5, 0.6) is 5.75 Å². The zero-order chi connectivity index (χ0) is 17.0. The molecule has 1 aliphatic heterocycles. The Labute approximate surface area is 141 Å². The number of nitrogens with zero attached hydrogens (tertiary/aromatic N) is 1. The lowest BCUT2D eigenvalue weighted by Crippen LogP contribution is -2.26. The molecule has 0 spiro atoms. The summed E-state index contributed by atoms with van der Waals surface area (Å²) in [6, 6.07) is 14.1. The number of hydrogen-bond donors (Lipinski definition) is 1. The van der Waals surface area contributed by atoms with E-state index in [2.05, 4.69) is 11.0 Å². The number of thioether (sulfide) groups is 1. The Balaban J connectivity index is 0.000000168. The minimum Gasteiger partial charge on any atom is -0.459 e. The molecule has 5 nitrogen and oxygen atoms in total. The van der Waals surface area contributed by atoms with Gasteiger partial charge in [-0.15, -0.1) is 0 Å². The van der Waals surface area contributed by atoms with E-state index in [1.807, 2.05) is 38.4 Å². The number of rotatable bonds is 2. The van der Waals surface area contributed by atoms with E-state index in [0.29, 0.717) is 0 Å². The number of ether oxygens (including phenoxy) is 1. The molecule has 0 radical (unpaired) electrons. The van der Waals surface area contributed by atoms with Gasteiger partial charge in [-0.1, -0.05) is 41.6 Å². The summed E-state index contributed by atoms with van der Waals surface area (Å²) >= 11 is 1.70. The van der Waals surface area contributed by atoms with Crippen molar-refractivity contribution in [2.75, 3.05) is 18.2 Å². The smallest absolute Gasteiger partial charge is 0.294 e. The van der Waals surface area contributed by atoms with E-state index in [1.165, 1.54) is 17.8 Å². The van der Waals surface area contributed by atoms with Gasteiger partial charge in [0.05, 0.1) is 10.6 Å². The maximum atomic E-state index is 10.5. The van der Waals surface area contributed by atoms with Gasteiger partial charge in [-0.2, -0.15) is 8.42 Å². The van der Waals surface area contributed by atoms with Crippen molar-refractivity contribution in [3.05, 3.63) is 54.1 Å². The van der Waals surface area contributed by atoms with Crippen LogP contribution in [0.4, 0.5) is 5.69 Å². The number of fused-ring (bicyclic) bond motifs is 1. The molecule has 0 bridgehead atoms. The summed E-state index contributed by atoms with van der Waals surface area (Å²) in [5.41, 5.74) is 2.27. The third kappa shape index (κ3) is 4.40. The third-order valence-corrected chi connectivity index (χ3v) is 4.99. The Kier molecular flexibility index (Phi) is 5.56. The first-order chi connectivity index (χ1) is 10.8. The molecule has 7 heteroatoms. The fourth-order valence-electron chi connectivity index (χ4n) is 2.07. The van der Waals surface area contributed by atoms with Crippen molar-refractivity contribution < 1.29 is 17.7 Å². The summed E-state index contributed by atoms with van der Waals surface area (Å²) < 4.78 is 35.2. The molecular weight excluding hydrogens is 334 g/mol. The minimum absolute atomic E-state index is 0.0666. The van der Waals surface area contributed by atoms with Gasteiger partial charge in [-0.25, -0.2) is 0 Å². The van der Waals surface area contributed by atoms with Crippen LogP contribution in [0.2, 0.25) is 0 Å². The Morgan fingerprint density at radius 2 is 1.74 bits per heavy atom. The van der Waals surface area contributed by atoms with Crippen molar-refractivity contribution in [2.45, 2.75) is 17.4 Å². The molecule has 1 aliphatic rings. The van der Waals surface area contributed by atoms with Gasteiger partial charge in [0.25, 0.3) is 10.1 Å². The van der Waals surface area contributed by atoms with Crippen molar-refractivity contribution in [2.24, 2.45) is 0 Å². The van der Waals surface area contributed by atoms with Crippen LogP contribution in [0, 0.1) is 6.92 Å². The standard InChI is InChI=1S/C9H11NOS.C7H8O3S/c1-10-7-5-3-4-6-8(7)11-9(10)12-2;1-6-2-4-7(5-3-6)11(8,9)10/h3-6,9H,1-2H3;2-5H,1H3,(H,8,9,10). The van der Waals surface area contributed by atoms with Crippen LogP contribution in [-0.4, -0.2) is 31.8 Å². The van der Waals surface area contributed by atoms with Crippen LogP contribution in [0.1, 0.15) is 5.56 Å². The first-order valence-electron chi connectivity index (χ1n) is 6.88. The molecule has 124 valence electrons. The normalized spacial score (nSPS) is 16.2. The lowest BCUT2D eigenvalue weighted by Gasteiger charge is -2.17. The highest BCUT2D eigenvalue weighted by molar-refractivity contribution is 7.99. The van der Waals surface area contributed by atoms with Gasteiger partial charge in [0, 0.05) is 7.05 Å². The molecule has 0 amide bonds. The summed E-state index contributed by atoms with van der Waals surface area (Å²) in [6.45, 7) is 1.84. The van der Waals surface area contributed by atoms with Crippen LogP contribution >= 0.6 is 11.8 Å². The lowest BCUT2D eigenvalue weighted by molar-refractivity contribution is 0.320. The molecule has 2 aromatic rings. The maximum Gasteiger partial charge on any atom is 0.294 e. The van der Waals surface area contributed by atoms with Gasteiger partial charge < -0.3 is 9.64 Å². The van der Waals surface area contributed by atoms with E-state index >= 15 is 0 Å². The van der Waals surface area contributed by atoms with Crippen molar-refractivity contribution >= 4 is 27.6 Å². The third-order valence-electron chi connectivity index (χ3n) is 3.31. The second-order valence-corrected chi connectivity index (χ2v) is 7.32. The molecular formula is C16H19NO4S2. The van der Waals surface area contributed by atoms with E-state index in [0.717, 1.165) is 11.3 Å². The molecule has 23 heavy (non-hydrogen) atoms. The average molecular weight is 353 g/mol. The first-order valence-corrected chi connectivity index (χ1v) is 9.61. The Hall–Kier alpha value is -1.70. The average Bonchev–Trinajstić information content (AvgIpc) is 2.84. The molecule has 1 atom stereocenters. The molecule has 3 rings (SSSR count). The molecule has 0 aromatic heterocycles. The molecule has 1 unspecified atom stereocenters. The van der Waals surface area contributed by atoms with Gasteiger partial charge in [0.1, 0.15) is 5.75 Å². The number of anilines is 1. The van der Waals surface area contributed by atoms with Crippen LogP contribution in [0.25, 0.3) is 0 Å². The summed E-state index contributed by atoms with van der Waals surface area (Å²) in [6.07, 6.45) is 2.05. The van der Waals surface area contributed by atoms with Gasteiger partial charge in [-0.05, 0) is 37.4 Å². The predicted molar refractivity (Wildman–Crippen MR) is 93.8 cm³/mol. The Morgan fingerprint density at radius 3 is 2.26 bits per heavy atom. The largest absolute Gasteiger partial charge is 0.459 e. The van der Waals surface area contributed by atoms with Crippen molar-refractivity contribution in [3.8, 4) is 5.75 Å². The van der Waals surface area contributed by atoms with E-state index in [1.54, 1.807) is 23.9 Å². The monoisotopic (exact) mass is 353 g/mol. The first kappa shape index (κ1) is 17.7. The van der Waals surface area contributed by atoms with E-state index < -0.39 is 10.1 Å². The quantitative estimate of drug-likeness (QED) is 0.835. The molecule has 1 N–H and O–H groups in total. The van der Waals surface area contributed by atoms with Crippen LogP contribution in [-0.2, 0) is 10.1 Å². The number of aryl methyl sites for hydroxylation is 1. The summed E-state index contributed by atoms with van der Waals surface area (Å²) in [4.78, 5) is 2.07. The zero-order valence-corrected chi connectivity index (χ0v) is 14.8. The predicted octanol–water partition coefficient (Wildman–Crippen LogP) is 3.40. The van der Waals surface area contributed by atoms with Crippen LogP contribution in [0.3, 0.4) is 0 Å². The SMILES string of the molecule is CSC1Oc2ccccc2N1C.Cc1ccc(S(=O)(=O)O)cc1. The zero-order valence-electron chi connectivity index (χ0n) is 13.1.